The number of benzene rings is 1. The quantitative estimate of drug-likeness (QED) is 0.663. The van der Waals surface area contributed by atoms with E-state index in [4.69, 9.17) is 5.11 Å². The van der Waals surface area contributed by atoms with Crippen LogP contribution in [0, 0.1) is 11.7 Å². The van der Waals surface area contributed by atoms with Crippen molar-refractivity contribution in [2.45, 2.75) is 18.9 Å². The van der Waals surface area contributed by atoms with Gasteiger partial charge in [0.05, 0.1) is 11.6 Å². The molecular weight excluding hydrogens is 341 g/mol. The van der Waals surface area contributed by atoms with Gasteiger partial charge in [0, 0.05) is 37.7 Å². The summed E-state index contributed by atoms with van der Waals surface area (Å²) in [7, 11) is 0. The van der Waals surface area contributed by atoms with Gasteiger partial charge in [-0.2, -0.15) is 0 Å². The number of aliphatic hydroxyl groups is 1. The lowest BCUT2D eigenvalue weighted by Crippen LogP contribution is -2.48. The number of aliphatic hydroxyl groups excluding tert-OH is 1. The highest BCUT2D eigenvalue weighted by atomic mass is 19.1. The molecule has 0 spiro atoms. The van der Waals surface area contributed by atoms with Gasteiger partial charge in [-0.3, -0.25) is 4.79 Å². The molecule has 26 heavy (non-hydrogen) atoms. The fourth-order valence-electron chi connectivity index (χ4n) is 3.08. The number of amides is 1. The number of carbonyl (C=O) groups excluding carboxylic acids is 3. The number of nitrogens with zero attached hydrogens (tertiary/aromatic N) is 1. The molecule has 7 nitrogen and oxygen atoms in total. The van der Waals surface area contributed by atoms with Crippen LogP contribution in [0.25, 0.3) is 0 Å². The van der Waals surface area contributed by atoms with E-state index in [0.29, 0.717) is 31.6 Å². The predicted octanol–water partition coefficient (Wildman–Crippen LogP) is 0.167. The molecule has 1 amide bonds. The fraction of sp³-hybridized carbons (Fsp3) is 0.389. The van der Waals surface area contributed by atoms with Crippen LogP contribution in [-0.2, 0) is 9.59 Å². The molecule has 1 aromatic carbocycles. The lowest BCUT2D eigenvalue weighted by atomic mass is 9.99. The van der Waals surface area contributed by atoms with Crippen LogP contribution in [0.15, 0.2) is 29.6 Å². The highest BCUT2D eigenvalue weighted by Gasteiger charge is 2.28. The van der Waals surface area contributed by atoms with Crippen molar-refractivity contribution in [3.63, 3.8) is 0 Å². The maximum atomic E-state index is 14.4. The molecule has 3 N–H and O–H groups in total. The average Bonchev–Trinajstić information content (AvgIpc) is 2.61. The van der Waals surface area contributed by atoms with Crippen LogP contribution < -0.4 is 15.5 Å². The van der Waals surface area contributed by atoms with Crippen LogP contribution >= 0.6 is 0 Å². The van der Waals surface area contributed by atoms with Crippen molar-refractivity contribution in [3.8, 4) is 0 Å². The van der Waals surface area contributed by atoms with Crippen molar-refractivity contribution in [1.29, 1.82) is 0 Å². The van der Waals surface area contributed by atoms with Gasteiger partial charge in [0.25, 0.3) is 5.91 Å². The molecule has 8 heteroatoms. The molecule has 0 saturated carbocycles. The number of halogens is 1. The number of hydrogen-bond donors (Lipinski definition) is 3. The van der Waals surface area contributed by atoms with Gasteiger partial charge in [0.15, 0.2) is 0 Å². The second-order valence-electron chi connectivity index (χ2n) is 6.40. The summed E-state index contributed by atoms with van der Waals surface area (Å²) in [6, 6.07) is 3.65. The first-order chi connectivity index (χ1) is 12.5. The zero-order valence-electron chi connectivity index (χ0n) is 13.9. The number of rotatable bonds is 4. The van der Waals surface area contributed by atoms with E-state index in [1.165, 1.54) is 12.1 Å². The Kier molecular flexibility index (Phi) is 5.19. The number of piperidine rings is 1. The van der Waals surface area contributed by atoms with E-state index in [1.807, 2.05) is 4.90 Å². The predicted molar refractivity (Wildman–Crippen MR) is 91.2 cm³/mol. The molecule has 136 valence electrons. The van der Waals surface area contributed by atoms with Gasteiger partial charge < -0.3 is 20.6 Å². The number of anilines is 1. The van der Waals surface area contributed by atoms with Crippen LogP contribution in [0.4, 0.5) is 10.1 Å². The first kappa shape index (κ1) is 17.9. The molecule has 2 aliphatic heterocycles. The monoisotopic (exact) mass is 359 g/mol. The minimum atomic E-state index is -0.670. The van der Waals surface area contributed by atoms with Crippen LogP contribution in [-0.4, -0.2) is 48.6 Å². The van der Waals surface area contributed by atoms with E-state index in [2.05, 4.69) is 10.6 Å². The van der Waals surface area contributed by atoms with Gasteiger partial charge in [0.2, 0.25) is 0 Å². The SMILES string of the molecule is O=C=C1CC[C@H](NC(=O)c2ccc(N3CC(CO)C3)cc2F)C(=C=O)N1. The van der Waals surface area contributed by atoms with Gasteiger partial charge in [-0.25, -0.2) is 14.0 Å². The highest BCUT2D eigenvalue weighted by Crippen LogP contribution is 2.26. The van der Waals surface area contributed by atoms with Gasteiger partial charge in [-0.1, -0.05) is 0 Å². The summed E-state index contributed by atoms with van der Waals surface area (Å²) >= 11 is 0. The third-order valence-electron chi connectivity index (χ3n) is 4.63. The minimum absolute atomic E-state index is 0.0237. The summed E-state index contributed by atoms with van der Waals surface area (Å²) in [6.07, 6.45) is 0.645. The number of allylic oxidation sites excluding steroid dienone is 1. The van der Waals surface area contributed by atoms with Crippen molar-refractivity contribution in [3.05, 3.63) is 41.0 Å². The molecule has 1 aromatic rings. The average molecular weight is 359 g/mol. The maximum absolute atomic E-state index is 14.4. The van der Waals surface area contributed by atoms with E-state index >= 15 is 0 Å². The summed E-state index contributed by atoms with van der Waals surface area (Å²) in [4.78, 5) is 35.9. The fourth-order valence-corrected chi connectivity index (χ4v) is 3.08. The Morgan fingerprint density at radius 2 is 2.12 bits per heavy atom. The van der Waals surface area contributed by atoms with E-state index in [1.54, 1.807) is 17.9 Å². The Morgan fingerprint density at radius 3 is 2.73 bits per heavy atom. The molecule has 2 fully saturated rings. The summed E-state index contributed by atoms with van der Waals surface area (Å²) in [5.74, 6) is 2.22. The van der Waals surface area contributed by atoms with Crippen molar-refractivity contribution >= 4 is 23.5 Å². The van der Waals surface area contributed by atoms with Gasteiger partial charge >= 0.3 is 0 Å². The van der Waals surface area contributed by atoms with Gasteiger partial charge in [-0.15, -0.1) is 0 Å². The number of hydrogen-bond acceptors (Lipinski definition) is 6. The molecule has 2 aliphatic rings. The Balaban J connectivity index is 1.68. The van der Waals surface area contributed by atoms with E-state index < -0.39 is 17.8 Å². The zero-order chi connectivity index (χ0) is 18.7. The number of nitrogens with one attached hydrogen (secondary N) is 2. The van der Waals surface area contributed by atoms with Crippen molar-refractivity contribution in [2.75, 3.05) is 24.6 Å². The van der Waals surface area contributed by atoms with Gasteiger partial charge in [-0.05, 0) is 24.6 Å². The summed E-state index contributed by atoms with van der Waals surface area (Å²) in [5.41, 5.74) is 0.767. The second-order valence-corrected chi connectivity index (χ2v) is 6.40. The highest BCUT2D eigenvalue weighted by molar-refractivity contribution is 5.95. The zero-order valence-corrected chi connectivity index (χ0v) is 13.9. The third kappa shape index (κ3) is 3.53. The molecule has 0 radical (unpaired) electrons. The van der Waals surface area contributed by atoms with Crippen molar-refractivity contribution in [2.24, 2.45) is 5.92 Å². The molecule has 2 saturated heterocycles. The molecule has 0 aliphatic carbocycles. The summed E-state index contributed by atoms with van der Waals surface area (Å²) in [6.45, 7) is 1.40. The maximum Gasteiger partial charge on any atom is 0.254 e. The van der Waals surface area contributed by atoms with Crippen molar-refractivity contribution in [1.82, 2.24) is 10.6 Å². The molecule has 1 atom stereocenters. The van der Waals surface area contributed by atoms with Crippen LogP contribution in [0.1, 0.15) is 23.2 Å². The van der Waals surface area contributed by atoms with Crippen LogP contribution in [0.2, 0.25) is 0 Å². The Morgan fingerprint density at radius 1 is 1.35 bits per heavy atom. The van der Waals surface area contributed by atoms with Crippen LogP contribution in [0.5, 0.6) is 0 Å². The minimum Gasteiger partial charge on any atom is -0.396 e. The smallest absolute Gasteiger partial charge is 0.254 e. The van der Waals surface area contributed by atoms with Crippen LogP contribution in [0.3, 0.4) is 0 Å². The first-order valence-electron chi connectivity index (χ1n) is 8.28. The Hall–Kier alpha value is -2.92. The summed E-state index contributed by atoms with van der Waals surface area (Å²) < 4.78 is 14.4. The van der Waals surface area contributed by atoms with E-state index in [-0.39, 0.29) is 29.5 Å². The van der Waals surface area contributed by atoms with Crippen molar-refractivity contribution < 1.29 is 23.9 Å². The number of carbonyl (C=O) groups is 1. The molecule has 0 aromatic heterocycles. The summed E-state index contributed by atoms with van der Waals surface area (Å²) in [5, 5.41) is 14.2. The lowest BCUT2D eigenvalue weighted by Gasteiger charge is -2.40. The standard InChI is InChI=1S/C18H18FN3O4/c19-15-5-13(22-6-11(7-22)8-23)2-3-14(15)18(26)21-16-4-1-12(9-24)20-17(16)10-25/h2-3,5,11,16,20,23H,1,4,6-8H2,(H,21,26)/t16-/m0/s1. The molecule has 0 unspecified atom stereocenters. The normalized spacial score (nSPS) is 19.9. The lowest BCUT2D eigenvalue weighted by molar-refractivity contribution is 0.0935. The first-order valence-corrected chi connectivity index (χ1v) is 8.28. The topological polar surface area (TPSA) is 98.7 Å². The third-order valence-corrected chi connectivity index (χ3v) is 4.63. The Labute approximate surface area is 149 Å². The van der Waals surface area contributed by atoms with E-state index in [0.717, 1.165) is 0 Å². The molecule has 0 bridgehead atoms. The molecule has 2 heterocycles. The Bertz CT molecular complexity index is 822. The van der Waals surface area contributed by atoms with E-state index in [9.17, 15) is 18.8 Å². The second kappa shape index (κ2) is 7.54. The largest absolute Gasteiger partial charge is 0.396 e. The molecule has 3 rings (SSSR count). The molecular formula is C18H18FN3O4. The van der Waals surface area contributed by atoms with Gasteiger partial charge in [0.1, 0.15) is 29.1 Å².